The van der Waals surface area contributed by atoms with Crippen LogP contribution in [0.4, 0.5) is 10.2 Å². The number of carbonyl (C=O) groups is 1. The first-order valence-electron chi connectivity index (χ1n) is 10.1. The molecule has 3 aromatic heterocycles. The molecule has 3 aromatic rings. The molecule has 3 aliphatic rings. The molecule has 8 nitrogen and oxygen atoms in total. The number of methoxy groups -OCH3 is 1. The summed E-state index contributed by atoms with van der Waals surface area (Å²) in [6.07, 6.45) is 6.88. The van der Waals surface area contributed by atoms with Crippen molar-refractivity contribution < 1.29 is 13.9 Å². The van der Waals surface area contributed by atoms with Crippen LogP contribution in [-0.2, 0) is 9.53 Å². The van der Waals surface area contributed by atoms with Gasteiger partial charge in [0.05, 0.1) is 0 Å². The number of nitrogens with zero attached hydrogens (tertiary/aromatic N) is 5. The zero-order valence-electron chi connectivity index (χ0n) is 16.8. The summed E-state index contributed by atoms with van der Waals surface area (Å²) in [5, 5.41) is 8.84. The fourth-order valence-electron chi connectivity index (χ4n) is 5.04. The number of ether oxygens (including phenoxy) is 1. The van der Waals surface area contributed by atoms with Crippen molar-refractivity contribution in [3.63, 3.8) is 0 Å². The Bertz CT molecular complexity index is 1170. The number of hydrogen-bond acceptors (Lipinski definition) is 7. The minimum atomic E-state index is -0.446. The van der Waals surface area contributed by atoms with E-state index in [0.29, 0.717) is 71.3 Å². The van der Waals surface area contributed by atoms with Gasteiger partial charge in [-0.1, -0.05) is 0 Å². The van der Waals surface area contributed by atoms with E-state index in [4.69, 9.17) is 16.3 Å². The van der Waals surface area contributed by atoms with E-state index >= 15 is 0 Å². The van der Waals surface area contributed by atoms with Gasteiger partial charge in [0.15, 0.2) is 0 Å². The predicted octanol–water partition coefficient (Wildman–Crippen LogP) is 3.00. The molecule has 3 aliphatic carbocycles. The van der Waals surface area contributed by atoms with Crippen LogP contribution >= 0.6 is 11.6 Å². The van der Waals surface area contributed by atoms with Crippen molar-refractivity contribution in [2.24, 2.45) is 17.8 Å². The van der Waals surface area contributed by atoms with Gasteiger partial charge < -0.3 is 0 Å². The topological polar surface area (TPSA) is 94.8 Å². The van der Waals surface area contributed by atoms with Crippen molar-refractivity contribution in [1.29, 1.82) is 0 Å². The molecule has 3 heterocycles. The quantitative estimate of drug-likeness (QED) is 0.349. The zero-order chi connectivity index (χ0) is 21.7. The summed E-state index contributed by atoms with van der Waals surface area (Å²) in [5.74, 6) is 0.562. The molecule has 1 N–H and O–H groups in total. The molecule has 0 unspecified atom stereocenters. The molecule has 2 atom stereocenters. The Labute approximate surface area is 199 Å². The van der Waals surface area contributed by atoms with E-state index in [-0.39, 0.29) is 17.9 Å². The molecule has 11 heteroatoms. The summed E-state index contributed by atoms with van der Waals surface area (Å²) >= 11 is 6.77. The van der Waals surface area contributed by atoms with Crippen LogP contribution in [0, 0.1) is 23.6 Å². The average molecular weight is 634 g/mol. The van der Waals surface area contributed by atoms with Gasteiger partial charge in [-0.2, -0.15) is 0 Å². The van der Waals surface area contributed by atoms with Gasteiger partial charge >= 0.3 is 200 Å². The van der Waals surface area contributed by atoms with Gasteiger partial charge in [0.1, 0.15) is 0 Å². The van der Waals surface area contributed by atoms with Crippen LogP contribution in [0.1, 0.15) is 25.7 Å². The third-order valence-electron chi connectivity index (χ3n) is 6.46. The van der Waals surface area contributed by atoms with Crippen LogP contribution in [0.5, 0.6) is 0 Å². The number of hydrogen-bond donors (Lipinski definition) is 1. The van der Waals surface area contributed by atoms with Gasteiger partial charge in [-0.15, -0.1) is 0 Å². The number of anilines is 1. The SMILES string of the molecule is COC(=O)[C@H]1C2CCC(CC2)[C@@H]1Nc1nc(-c2n[n]([Tl])c3ncc(F)cc23)ncc1Cl. The van der Waals surface area contributed by atoms with Crippen molar-refractivity contribution in [2.45, 2.75) is 31.7 Å². The summed E-state index contributed by atoms with van der Waals surface area (Å²) < 4.78 is 20.7. The molecule has 6 rings (SSSR count). The first-order valence-corrected chi connectivity index (χ1v) is 12.5. The van der Waals surface area contributed by atoms with Gasteiger partial charge in [0.25, 0.3) is 0 Å². The van der Waals surface area contributed by atoms with E-state index in [1.54, 1.807) is 2.49 Å². The van der Waals surface area contributed by atoms with E-state index in [0.717, 1.165) is 25.7 Å². The number of nitrogens with one attached hydrogen (secondary N) is 1. The number of esters is 1. The Morgan fingerprint density at radius 2 is 2.00 bits per heavy atom. The molecular formula is C20H19ClFN6O2Tl. The summed E-state index contributed by atoms with van der Waals surface area (Å²) in [5.41, 5.74) is 1.06. The Balaban J connectivity index is 1.53. The van der Waals surface area contributed by atoms with E-state index in [1.807, 2.05) is 0 Å². The number of rotatable bonds is 4. The van der Waals surface area contributed by atoms with Gasteiger partial charge in [0.2, 0.25) is 0 Å². The number of aromatic nitrogens is 5. The Hall–Kier alpha value is -1.89. The van der Waals surface area contributed by atoms with Crippen molar-refractivity contribution in [1.82, 2.24) is 22.5 Å². The van der Waals surface area contributed by atoms with E-state index in [1.165, 1.54) is 25.6 Å². The molecular weight excluding hydrogens is 615 g/mol. The molecule has 0 saturated heterocycles. The Morgan fingerprint density at radius 1 is 1.26 bits per heavy atom. The standard InChI is InChI=1S/C20H19ClFN6O2.Tl/c1-30-20(29)14-9-2-4-10(5-3-9)15(14)25-18-13(21)8-24-19(26-18)16-12-6-11(22)7-23-17(12)28-27-16;/h6-10,14-15H,2-5H2,1H3,(H-,23,24,25,26,27,28);/q-1;+1/t9?,10?,14-,15-;/m0./s1. The first-order chi connectivity index (χ1) is 15.0. The van der Waals surface area contributed by atoms with Crippen LogP contribution in [0.3, 0.4) is 0 Å². The second-order valence-corrected chi connectivity index (χ2v) is 10.4. The van der Waals surface area contributed by atoms with Gasteiger partial charge in [-0.05, 0) is 0 Å². The first kappa shape index (κ1) is 21.0. The molecule has 0 aliphatic heterocycles. The molecule has 3 fully saturated rings. The van der Waals surface area contributed by atoms with Crippen molar-refractivity contribution >= 4 is 60.5 Å². The zero-order valence-corrected chi connectivity index (χ0v) is 22.0. The number of carbonyl (C=O) groups excluding carboxylic acids is 1. The maximum atomic E-state index is 13.8. The fourth-order valence-corrected chi connectivity index (χ4v) is 6.43. The summed E-state index contributed by atoms with van der Waals surface area (Å²) in [6, 6.07) is 1.29. The fraction of sp³-hybridized carbons (Fsp3) is 0.450. The number of pyridine rings is 1. The molecule has 0 amide bonds. The number of halogens is 2. The normalized spacial score (nSPS) is 25.0. The third-order valence-corrected chi connectivity index (χ3v) is 8.14. The van der Waals surface area contributed by atoms with E-state index < -0.39 is 5.82 Å². The molecule has 3 saturated carbocycles. The van der Waals surface area contributed by atoms with Crippen LogP contribution < -0.4 is 5.32 Å². The third kappa shape index (κ3) is 3.69. The van der Waals surface area contributed by atoms with E-state index in [2.05, 4.69) is 25.4 Å². The summed E-state index contributed by atoms with van der Waals surface area (Å²) in [7, 11) is 1.43. The molecule has 158 valence electrons. The predicted molar refractivity (Wildman–Crippen MR) is 113 cm³/mol. The van der Waals surface area contributed by atoms with E-state index in [9.17, 15) is 9.18 Å². The van der Waals surface area contributed by atoms with Crippen molar-refractivity contribution in [3.05, 3.63) is 29.3 Å². The van der Waals surface area contributed by atoms with Crippen LogP contribution in [-0.4, -0.2) is 67.7 Å². The monoisotopic (exact) mass is 634 g/mol. The Morgan fingerprint density at radius 3 is 2.74 bits per heavy atom. The summed E-state index contributed by atoms with van der Waals surface area (Å²) in [6.45, 7) is 0. The van der Waals surface area contributed by atoms with Gasteiger partial charge in [-0.3, -0.25) is 0 Å². The molecule has 0 aromatic carbocycles. The second kappa shape index (κ2) is 8.23. The summed E-state index contributed by atoms with van der Waals surface area (Å²) in [4.78, 5) is 25.6. The molecule has 31 heavy (non-hydrogen) atoms. The van der Waals surface area contributed by atoms with Crippen LogP contribution in [0.15, 0.2) is 18.5 Å². The van der Waals surface area contributed by atoms with Crippen molar-refractivity contribution in [3.8, 4) is 11.5 Å². The minimum absolute atomic E-state index is 0.103. The second-order valence-electron chi connectivity index (χ2n) is 8.10. The number of fused-ring (bicyclic) bond motifs is 4. The van der Waals surface area contributed by atoms with Gasteiger partial charge in [0, 0.05) is 0 Å². The van der Waals surface area contributed by atoms with Crippen molar-refractivity contribution in [2.75, 3.05) is 12.4 Å². The van der Waals surface area contributed by atoms with Crippen LogP contribution in [0.25, 0.3) is 22.6 Å². The molecule has 2 bridgehead atoms. The Kier molecular flexibility index (Phi) is 5.57. The molecule has 0 spiro atoms. The molecule has 0 radical (unpaired) electrons. The maximum absolute atomic E-state index is 13.8. The van der Waals surface area contributed by atoms with Gasteiger partial charge in [-0.25, -0.2) is 0 Å². The average Bonchev–Trinajstić information content (AvgIpc) is 3.11. The van der Waals surface area contributed by atoms with Crippen LogP contribution in [0.2, 0.25) is 5.02 Å².